The van der Waals surface area contributed by atoms with Gasteiger partial charge in [0.15, 0.2) is 25.2 Å². The normalized spacial score (nSPS) is 13.6. The molecule has 0 rings (SSSR count). The van der Waals surface area contributed by atoms with Crippen LogP contribution in [-0.2, 0) is 33.2 Å². The van der Waals surface area contributed by atoms with Crippen molar-refractivity contribution in [1.82, 2.24) is 0 Å². The van der Waals surface area contributed by atoms with E-state index in [1.165, 1.54) is 77.0 Å². The molecule has 0 saturated carbocycles. The summed E-state index contributed by atoms with van der Waals surface area (Å²) in [6.07, 6.45) is 31.9. The fraction of sp³-hybridized carbons (Fsp3) is 0.900. The van der Waals surface area contributed by atoms with Crippen LogP contribution in [0.25, 0.3) is 0 Å². The van der Waals surface area contributed by atoms with E-state index in [0.29, 0.717) is 0 Å². The third-order valence-electron chi connectivity index (χ3n) is 8.15. The molecule has 0 amide bonds. The maximum absolute atomic E-state index is 6.11. The highest BCUT2D eigenvalue weighted by Gasteiger charge is 2.13. The highest BCUT2D eigenvalue weighted by molar-refractivity contribution is 4.89. The van der Waals surface area contributed by atoms with Crippen LogP contribution in [-0.4, -0.2) is 65.8 Å². The minimum Gasteiger partial charge on any atom is -0.353 e. The Morgan fingerprint density at radius 1 is 0.404 bits per heavy atom. The van der Waals surface area contributed by atoms with E-state index in [1.807, 2.05) is 12.2 Å². The van der Waals surface area contributed by atoms with Crippen molar-refractivity contribution < 1.29 is 33.2 Å². The van der Waals surface area contributed by atoms with E-state index in [-0.39, 0.29) is 12.6 Å². The number of hydrogen-bond donors (Lipinski definition) is 0. The molecule has 7 heteroatoms. The summed E-state index contributed by atoms with van der Waals surface area (Å²) in [6, 6.07) is 0. The first-order valence-corrected chi connectivity index (χ1v) is 19.7. The van der Waals surface area contributed by atoms with Crippen molar-refractivity contribution in [2.75, 3.05) is 40.6 Å². The van der Waals surface area contributed by atoms with Gasteiger partial charge in [0, 0.05) is 40.6 Å². The topological polar surface area (TPSA) is 64.6 Å². The Bertz CT molecular complexity index is 574. The first-order chi connectivity index (χ1) is 23.1. The molecule has 0 N–H and O–H groups in total. The third kappa shape index (κ3) is 32.2. The van der Waals surface area contributed by atoms with Crippen LogP contribution in [0.2, 0.25) is 0 Å². The van der Waals surface area contributed by atoms with Gasteiger partial charge in [-0.2, -0.15) is 0 Å². The van der Waals surface area contributed by atoms with Crippen LogP contribution in [0, 0.1) is 0 Å². The van der Waals surface area contributed by atoms with Crippen LogP contribution in [0.5, 0.6) is 0 Å². The van der Waals surface area contributed by atoms with E-state index >= 15 is 0 Å². The minimum atomic E-state index is -0.475. The monoisotopic (exact) mass is 671 g/mol. The molecular formula is C40H78O7. The molecule has 0 aromatic rings. The smallest absolute Gasteiger partial charge is 0.179 e. The Kier molecular flexibility index (Phi) is 37.4. The summed E-state index contributed by atoms with van der Waals surface area (Å²) in [4.78, 5) is 0. The molecule has 0 aromatic carbocycles. The zero-order chi connectivity index (χ0) is 34.5. The van der Waals surface area contributed by atoms with Crippen LogP contribution in [0.1, 0.15) is 169 Å². The van der Waals surface area contributed by atoms with Gasteiger partial charge >= 0.3 is 0 Å². The van der Waals surface area contributed by atoms with Crippen LogP contribution in [0.15, 0.2) is 24.3 Å². The molecule has 0 saturated heterocycles. The summed E-state index contributed by atoms with van der Waals surface area (Å²) in [6.45, 7) is 12.1. The largest absolute Gasteiger partial charge is 0.353 e. The summed E-state index contributed by atoms with van der Waals surface area (Å²) >= 11 is 0. The van der Waals surface area contributed by atoms with Crippen molar-refractivity contribution in [3.63, 3.8) is 0 Å². The molecule has 0 heterocycles. The molecule has 0 spiro atoms. The van der Waals surface area contributed by atoms with Crippen molar-refractivity contribution in [2.24, 2.45) is 0 Å². The summed E-state index contributed by atoms with van der Waals surface area (Å²) in [7, 11) is 3.32. The Morgan fingerprint density at radius 2 is 0.723 bits per heavy atom. The maximum atomic E-state index is 6.11. The SMILES string of the molecule is CCCCCCOC(CCCC=CC(OC)OC(C=CCCCC(OCCCCCC)OCCCCCC)OC)OCCCCCC. The first-order valence-electron chi connectivity index (χ1n) is 19.7. The van der Waals surface area contributed by atoms with Gasteiger partial charge in [-0.25, -0.2) is 0 Å². The lowest BCUT2D eigenvalue weighted by atomic mass is 10.2. The van der Waals surface area contributed by atoms with E-state index in [1.54, 1.807) is 14.2 Å². The molecule has 47 heavy (non-hydrogen) atoms. The minimum absolute atomic E-state index is 0.117. The molecule has 0 aliphatic rings. The molecule has 0 aliphatic heterocycles. The number of rotatable bonds is 38. The number of allylic oxidation sites excluding steroid dienone is 2. The van der Waals surface area contributed by atoms with E-state index in [4.69, 9.17) is 33.2 Å². The molecule has 2 atom stereocenters. The molecule has 0 fully saturated rings. The van der Waals surface area contributed by atoms with Crippen molar-refractivity contribution in [3.8, 4) is 0 Å². The molecule has 280 valence electrons. The van der Waals surface area contributed by atoms with Crippen molar-refractivity contribution >= 4 is 0 Å². The number of unbranched alkanes of at least 4 members (excludes halogenated alkanes) is 14. The molecule has 0 radical (unpaired) electrons. The second-order valence-electron chi connectivity index (χ2n) is 12.6. The lowest BCUT2D eigenvalue weighted by Gasteiger charge is -2.19. The molecule has 0 bridgehead atoms. The molecule has 2 unspecified atom stereocenters. The van der Waals surface area contributed by atoms with Gasteiger partial charge in [0.1, 0.15) is 0 Å². The van der Waals surface area contributed by atoms with Gasteiger partial charge in [0.2, 0.25) is 0 Å². The lowest BCUT2D eigenvalue weighted by molar-refractivity contribution is -0.188. The number of methoxy groups -OCH3 is 2. The van der Waals surface area contributed by atoms with Gasteiger partial charge < -0.3 is 33.2 Å². The second-order valence-corrected chi connectivity index (χ2v) is 12.6. The van der Waals surface area contributed by atoms with Crippen molar-refractivity contribution in [3.05, 3.63) is 24.3 Å². The summed E-state index contributed by atoms with van der Waals surface area (Å²) in [5.41, 5.74) is 0. The van der Waals surface area contributed by atoms with E-state index in [2.05, 4.69) is 39.8 Å². The standard InChI is InChI=1S/C40H78O7/c1-7-11-15-25-33-43-39(44-34-26-16-12-8-2)31-23-19-21-29-37(41-5)47-38(42-6)30-22-20-24-32-40(45-35-27-17-13-9-3)46-36-28-18-14-10-4/h21-22,29-30,37-40H,7-20,23-28,31-36H2,1-6H3. The maximum Gasteiger partial charge on any atom is 0.179 e. The van der Waals surface area contributed by atoms with Gasteiger partial charge in [-0.15, -0.1) is 0 Å². The zero-order valence-electron chi connectivity index (χ0n) is 31.9. The van der Waals surface area contributed by atoms with E-state index in [9.17, 15) is 0 Å². The fourth-order valence-electron chi connectivity index (χ4n) is 5.11. The molecule has 0 aliphatic carbocycles. The Balaban J connectivity index is 4.55. The average Bonchev–Trinajstić information content (AvgIpc) is 3.08. The lowest BCUT2D eigenvalue weighted by Crippen LogP contribution is -2.22. The van der Waals surface area contributed by atoms with Gasteiger partial charge in [-0.3, -0.25) is 0 Å². The van der Waals surface area contributed by atoms with Gasteiger partial charge in [0.25, 0.3) is 0 Å². The van der Waals surface area contributed by atoms with Gasteiger partial charge in [-0.1, -0.05) is 117 Å². The van der Waals surface area contributed by atoms with Crippen LogP contribution >= 0.6 is 0 Å². The Morgan fingerprint density at radius 3 is 1.00 bits per heavy atom. The average molecular weight is 671 g/mol. The van der Waals surface area contributed by atoms with E-state index in [0.717, 1.165) is 90.6 Å². The predicted molar refractivity (Wildman–Crippen MR) is 197 cm³/mol. The van der Waals surface area contributed by atoms with Crippen molar-refractivity contribution in [1.29, 1.82) is 0 Å². The molecule has 7 nitrogen and oxygen atoms in total. The third-order valence-corrected chi connectivity index (χ3v) is 8.15. The number of ether oxygens (including phenoxy) is 7. The van der Waals surface area contributed by atoms with Crippen LogP contribution in [0.4, 0.5) is 0 Å². The van der Waals surface area contributed by atoms with Crippen molar-refractivity contribution in [2.45, 2.75) is 194 Å². The molecular weight excluding hydrogens is 592 g/mol. The summed E-state index contributed by atoms with van der Waals surface area (Å²) in [5.74, 6) is 0. The fourth-order valence-corrected chi connectivity index (χ4v) is 5.11. The van der Waals surface area contributed by atoms with Gasteiger partial charge in [0.05, 0.1) is 0 Å². The highest BCUT2D eigenvalue weighted by Crippen LogP contribution is 2.14. The quantitative estimate of drug-likeness (QED) is 0.0368. The van der Waals surface area contributed by atoms with Gasteiger partial charge in [-0.05, 0) is 76.4 Å². The zero-order valence-corrected chi connectivity index (χ0v) is 31.9. The summed E-state index contributed by atoms with van der Waals surface area (Å²) < 4.78 is 41.6. The number of hydrogen-bond acceptors (Lipinski definition) is 7. The second kappa shape index (κ2) is 38.0. The predicted octanol–water partition coefficient (Wildman–Crippen LogP) is 11.4. The van der Waals surface area contributed by atoms with E-state index < -0.39 is 12.6 Å². The molecule has 0 aromatic heterocycles. The highest BCUT2D eigenvalue weighted by atomic mass is 16.8. The van der Waals surface area contributed by atoms with Crippen LogP contribution in [0.3, 0.4) is 0 Å². The Hall–Kier alpha value is -0.800. The summed E-state index contributed by atoms with van der Waals surface area (Å²) in [5, 5.41) is 0. The Labute approximate surface area is 291 Å². The first kappa shape index (κ1) is 46.2. The van der Waals surface area contributed by atoms with Crippen LogP contribution < -0.4 is 0 Å².